The molecule has 2 heterocycles. The van der Waals surface area contributed by atoms with Gasteiger partial charge in [-0.3, -0.25) is 4.79 Å². The highest BCUT2D eigenvalue weighted by Gasteiger charge is 2.37. The predicted octanol–water partition coefficient (Wildman–Crippen LogP) is 3.98. The zero-order chi connectivity index (χ0) is 17.4. The van der Waals surface area contributed by atoms with Crippen LogP contribution < -0.4 is 0 Å². The minimum absolute atomic E-state index is 0.0111. The predicted molar refractivity (Wildman–Crippen MR) is 101 cm³/mol. The number of amides is 1. The molecule has 4 atom stereocenters. The van der Waals surface area contributed by atoms with Crippen LogP contribution in [-0.4, -0.2) is 41.1 Å². The summed E-state index contributed by atoms with van der Waals surface area (Å²) in [4.78, 5) is 20.1. The lowest BCUT2D eigenvalue weighted by molar-refractivity contribution is -0.148. The Balaban J connectivity index is 1.60. The number of aromatic nitrogens is 1. The van der Waals surface area contributed by atoms with Gasteiger partial charge in [0.25, 0.3) is 0 Å². The van der Waals surface area contributed by atoms with Crippen molar-refractivity contribution in [2.75, 3.05) is 13.1 Å². The van der Waals surface area contributed by atoms with E-state index in [0.717, 1.165) is 23.4 Å². The second-order valence-corrected chi connectivity index (χ2v) is 8.24. The maximum absolute atomic E-state index is 13.3. The molecule has 1 aromatic heterocycles. The van der Waals surface area contributed by atoms with E-state index in [-0.39, 0.29) is 30.0 Å². The van der Waals surface area contributed by atoms with Crippen LogP contribution in [0.1, 0.15) is 37.6 Å². The van der Waals surface area contributed by atoms with Gasteiger partial charge in [-0.05, 0) is 38.8 Å². The lowest BCUT2D eigenvalue weighted by Crippen LogP contribution is -2.50. The van der Waals surface area contributed by atoms with Crippen molar-refractivity contribution < 1.29 is 9.53 Å². The Labute approximate surface area is 152 Å². The van der Waals surface area contributed by atoms with Crippen LogP contribution in [0.4, 0.5) is 0 Å². The summed E-state index contributed by atoms with van der Waals surface area (Å²) >= 11 is 1.73. The highest BCUT2D eigenvalue weighted by Crippen LogP contribution is 2.39. The summed E-state index contributed by atoms with van der Waals surface area (Å²) in [6.07, 6.45) is 6.26. The lowest BCUT2D eigenvalue weighted by Gasteiger charge is -2.38. The summed E-state index contributed by atoms with van der Waals surface area (Å²) in [6.45, 7) is 5.47. The van der Waals surface area contributed by atoms with Gasteiger partial charge >= 0.3 is 0 Å². The molecule has 2 aromatic rings. The zero-order valence-electron chi connectivity index (χ0n) is 14.7. The van der Waals surface area contributed by atoms with E-state index in [0.29, 0.717) is 13.1 Å². The summed E-state index contributed by atoms with van der Waals surface area (Å²) in [7, 11) is 0. The molecule has 25 heavy (non-hydrogen) atoms. The standard InChI is InChI=1S/C20H24N2O2S/c1-13-11-22(12-14(2)24-13)20(23)16-8-4-3-7-15(16)19-21-17-9-5-6-10-18(17)25-19/h3-6,9-10,13-16H,7-8,11-12H2,1-2H3/t13-,14+,15-,16+/m0/s1. The highest BCUT2D eigenvalue weighted by molar-refractivity contribution is 7.18. The van der Waals surface area contributed by atoms with Crippen LogP contribution in [0.15, 0.2) is 36.4 Å². The molecule has 0 N–H and O–H groups in total. The smallest absolute Gasteiger partial charge is 0.226 e. The third-order valence-corrected chi connectivity index (χ3v) is 6.28. The number of para-hydroxylation sites is 1. The molecule has 4 rings (SSSR count). The summed E-state index contributed by atoms with van der Waals surface area (Å²) in [5.74, 6) is 0.432. The number of hydrogen-bond donors (Lipinski definition) is 0. The van der Waals surface area contributed by atoms with Crippen molar-refractivity contribution >= 4 is 27.5 Å². The van der Waals surface area contributed by atoms with Gasteiger partial charge in [0.15, 0.2) is 0 Å². The SMILES string of the molecule is C[C@@H]1CN(C(=O)[C@@H]2CC=CC[C@@H]2c2nc3ccccc3s2)C[C@H](C)O1. The molecule has 132 valence electrons. The number of thiazole rings is 1. The molecule has 5 heteroatoms. The molecule has 0 spiro atoms. The third-order valence-electron chi connectivity index (χ3n) is 5.11. The number of carbonyl (C=O) groups is 1. The number of nitrogens with zero attached hydrogens (tertiary/aromatic N) is 2. The summed E-state index contributed by atoms with van der Waals surface area (Å²) in [5, 5.41) is 1.10. The molecule has 0 bridgehead atoms. The molecule has 1 amide bonds. The first-order valence-corrected chi connectivity index (χ1v) is 9.88. The second kappa shape index (κ2) is 6.89. The van der Waals surface area contributed by atoms with Crippen molar-refractivity contribution in [2.24, 2.45) is 5.92 Å². The number of carbonyl (C=O) groups excluding carboxylic acids is 1. The van der Waals surface area contributed by atoms with Gasteiger partial charge in [0.1, 0.15) is 0 Å². The molecule has 0 saturated carbocycles. The molecular formula is C20H24N2O2S. The molecule has 1 aromatic carbocycles. The van der Waals surface area contributed by atoms with Gasteiger partial charge in [0, 0.05) is 19.0 Å². The van der Waals surface area contributed by atoms with Crippen molar-refractivity contribution in [3.63, 3.8) is 0 Å². The first kappa shape index (κ1) is 16.7. The maximum Gasteiger partial charge on any atom is 0.226 e. The number of allylic oxidation sites excluding steroid dienone is 2. The third kappa shape index (κ3) is 3.35. The maximum atomic E-state index is 13.3. The van der Waals surface area contributed by atoms with Crippen molar-refractivity contribution in [3.05, 3.63) is 41.4 Å². The number of rotatable bonds is 2. The molecule has 1 aliphatic carbocycles. The molecule has 0 unspecified atom stereocenters. The lowest BCUT2D eigenvalue weighted by atomic mass is 9.82. The molecule has 1 fully saturated rings. The van der Waals surface area contributed by atoms with E-state index < -0.39 is 0 Å². The van der Waals surface area contributed by atoms with Gasteiger partial charge in [-0.2, -0.15) is 0 Å². The fourth-order valence-corrected chi connectivity index (χ4v) is 5.15. The van der Waals surface area contributed by atoms with E-state index in [9.17, 15) is 4.79 Å². The van der Waals surface area contributed by atoms with E-state index >= 15 is 0 Å². The normalized spacial score (nSPS) is 29.9. The van der Waals surface area contributed by atoms with Crippen LogP contribution in [-0.2, 0) is 9.53 Å². The summed E-state index contributed by atoms with van der Waals surface area (Å²) in [6, 6.07) is 8.23. The van der Waals surface area contributed by atoms with Crippen LogP contribution in [0, 0.1) is 5.92 Å². The van der Waals surface area contributed by atoms with Crippen LogP contribution in [0.5, 0.6) is 0 Å². The first-order chi connectivity index (χ1) is 12.1. The minimum atomic E-state index is -0.0111. The second-order valence-electron chi connectivity index (χ2n) is 7.18. The average molecular weight is 356 g/mol. The van der Waals surface area contributed by atoms with Gasteiger partial charge in [0.2, 0.25) is 5.91 Å². The molecular weight excluding hydrogens is 332 g/mol. The van der Waals surface area contributed by atoms with E-state index in [4.69, 9.17) is 9.72 Å². The Morgan fingerprint density at radius 1 is 1.16 bits per heavy atom. The number of fused-ring (bicyclic) bond motifs is 1. The Morgan fingerprint density at radius 3 is 2.64 bits per heavy atom. The fourth-order valence-electron chi connectivity index (χ4n) is 4.00. The molecule has 1 saturated heterocycles. The number of ether oxygens (including phenoxy) is 1. The Bertz CT molecular complexity index is 757. The van der Waals surface area contributed by atoms with Crippen LogP contribution in [0.25, 0.3) is 10.2 Å². The van der Waals surface area contributed by atoms with Crippen LogP contribution in [0.2, 0.25) is 0 Å². The fraction of sp³-hybridized carbons (Fsp3) is 0.500. The van der Waals surface area contributed by atoms with Gasteiger partial charge in [-0.25, -0.2) is 4.98 Å². The van der Waals surface area contributed by atoms with Crippen molar-refractivity contribution in [2.45, 2.75) is 44.8 Å². The van der Waals surface area contributed by atoms with Gasteiger partial charge in [0.05, 0.1) is 33.4 Å². The Kier molecular flexibility index (Phi) is 4.61. The molecule has 2 aliphatic rings. The van der Waals surface area contributed by atoms with Gasteiger partial charge < -0.3 is 9.64 Å². The number of benzene rings is 1. The topological polar surface area (TPSA) is 42.4 Å². The van der Waals surface area contributed by atoms with Crippen LogP contribution in [0.3, 0.4) is 0 Å². The Hall–Kier alpha value is -1.72. The Morgan fingerprint density at radius 2 is 1.88 bits per heavy atom. The first-order valence-electron chi connectivity index (χ1n) is 9.06. The zero-order valence-corrected chi connectivity index (χ0v) is 15.5. The number of morpholine rings is 1. The minimum Gasteiger partial charge on any atom is -0.372 e. The van der Waals surface area contributed by atoms with E-state index in [1.807, 2.05) is 30.9 Å². The van der Waals surface area contributed by atoms with E-state index in [1.54, 1.807) is 11.3 Å². The monoisotopic (exact) mass is 356 g/mol. The molecule has 1 aliphatic heterocycles. The van der Waals surface area contributed by atoms with Crippen molar-refractivity contribution in [1.29, 1.82) is 0 Å². The molecule has 4 nitrogen and oxygen atoms in total. The number of hydrogen-bond acceptors (Lipinski definition) is 4. The summed E-state index contributed by atoms with van der Waals surface area (Å²) < 4.78 is 6.99. The van der Waals surface area contributed by atoms with Crippen molar-refractivity contribution in [3.8, 4) is 0 Å². The largest absolute Gasteiger partial charge is 0.372 e. The quantitative estimate of drug-likeness (QED) is 0.764. The summed E-state index contributed by atoms with van der Waals surface area (Å²) in [5.41, 5.74) is 1.04. The van der Waals surface area contributed by atoms with Gasteiger partial charge in [-0.1, -0.05) is 24.3 Å². The average Bonchev–Trinajstić information content (AvgIpc) is 3.04. The van der Waals surface area contributed by atoms with Crippen LogP contribution >= 0.6 is 11.3 Å². The molecule has 0 radical (unpaired) electrons. The van der Waals surface area contributed by atoms with Crippen molar-refractivity contribution in [1.82, 2.24) is 9.88 Å². The van der Waals surface area contributed by atoms with E-state index in [2.05, 4.69) is 24.3 Å². The highest BCUT2D eigenvalue weighted by atomic mass is 32.1. The van der Waals surface area contributed by atoms with E-state index in [1.165, 1.54) is 4.70 Å². The van der Waals surface area contributed by atoms with Gasteiger partial charge in [-0.15, -0.1) is 11.3 Å².